The van der Waals surface area contributed by atoms with Gasteiger partial charge in [0.25, 0.3) is 0 Å². The fourth-order valence-corrected chi connectivity index (χ4v) is 3.16. The molecule has 0 spiro atoms. The third kappa shape index (κ3) is 2.69. The largest absolute Gasteiger partial charge is 0.336 e. The lowest BCUT2D eigenvalue weighted by molar-refractivity contribution is -0.126. The highest BCUT2D eigenvalue weighted by Crippen LogP contribution is 2.28. The molecule has 3 rings (SSSR count). The third-order valence-electron chi connectivity index (χ3n) is 3.27. The highest BCUT2D eigenvalue weighted by atomic mass is 32.2. The van der Waals surface area contributed by atoms with Crippen LogP contribution in [0.4, 0.5) is 4.79 Å². The first-order valence-corrected chi connectivity index (χ1v) is 7.50. The number of nitrogens with zero attached hydrogens (tertiary/aromatic N) is 3. The van der Waals surface area contributed by atoms with Crippen LogP contribution in [0.1, 0.15) is 6.92 Å². The van der Waals surface area contributed by atoms with Crippen LogP contribution in [0.25, 0.3) is 10.9 Å². The van der Waals surface area contributed by atoms with E-state index >= 15 is 0 Å². The van der Waals surface area contributed by atoms with Crippen LogP contribution in [0.3, 0.4) is 0 Å². The average molecular weight is 302 g/mol. The van der Waals surface area contributed by atoms with Crippen molar-refractivity contribution < 1.29 is 9.59 Å². The van der Waals surface area contributed by atoms with Crippen LogP contribution < -0.4 is 5.32 Å². The van der Waals surface area contributed by atoms with Crippen molar-refractivity contribution in [1.29, 1.82) is 0 Å². The second-order valence-corrected chi connectivity index (χ2v) is 6.01. The van der Waals surface area contributed by atoms with E-state index in [1.807, 2.05) is 24.3 Å². The molecule has 21 heavy (non-hydrogen) atoms. The summed E-state index contributed by atoms with van der Waals surface area (Å²) in [4.78, 5) is 33.5. The Morgan fingerprint density at radius 1 is 1.38 bits per heavy atom. The van der Waals surface area contributed by atoms with Crippen molar-refractivity contribution in [1.82, 2.24) is 20.2 Å². The van der Waals surface area contributed by atoms with Crippen molar-refractivity contribution in [2.24, 2.45) is 0 Å². The standard InChI is InChI=1S/C14H14N4O2S/c1-9(13(19)18-7-6-15-14(18)20)21-12-10-4-2-3-5-11(10)16-8-17-12/h2-5,8-9H,6-7H2,1H3,(H,15,20)/t9-/m1/s1. The van der Waals surface area contributed by atoms with Gasteiger partial charge in [0.1, 0.15) is 11.4 Å². The molecule has 1 aromatic heterocycles. The van der Waals surface area contributed by atoms with Crippen molar-refractivity contribution in [2.45, 2.75) is 17.2 Å². The van der Waals surface area contributed by atoms with Crippen LogP contribution in [-0.4, -0.2) is 45.1 Å². The number of nitrogens with one attached hydrogen (secondary N) is 1. The second kappa shape index (κ2) is 5.69. The molecule has 1 aliphatic heterocycles. The number of thioether (sulfide) groups is 1. The van der Waals surface area contributed by atoms with Gasteiger partial charge < -0.3 is 5.32 Å². The Morgan fingerprint density at radius 2 is 2.19 bits per heavy atom. The zero-order valence-corrected chi connectivity index (χ0v) is 12.3. The van der Waals surface area contributed by atoms with Crippen molar-refractivity contribution in [3.05, 3.63) is 30.6 Å². The highest BCUT2D eigenvalue weighted by Gasteiger charge is 2.30. The summed E-state index contributed by atoms with van der Waals surface area (Å²) in [6.45, 7) is 2.72. The molecule has 1 atom stereocenters. The molecule has 0 saturated carbocycles. The van der Waals surface area contributed by atoms with E-state index < -0.39 is 0 Å². The average Bonchev–Trinajstić information content (AvgIpc) is 2.93. The number of carbonyl (C=O) groups is 2. The molecule has 0 aliphatic carbocycles. The molecule has 2 aromatic rings. The number of aromatic nitrogens is 2. The van der Waals surface area contributed by atoms with E-state index in [1.165, 1.54) is 23.0 Å². The molecule has 3 amide bonds. The zero-order valence-electron chi connectivity index (χ0n) is 11.4. The lowest BCUT2D eigenvalue weighted by Gasteiger charge is -2.17. The van der Waals surface area contributed by atoms with Crippen LogP contribution in [0.2, 0.25) is 0 Å². The molecular formula is C14H14N4O2S. The summed E-state index contributed by atoms with van der Waals surface area (Å²) in [6.07, 6.45) is 1.49. The Hall–Kier alpha value is -2.15. The number of hydrogen-bond acceptors (Lipinski definition) is 5. The summed E-state index contributed by atoms with van der Waals surface area (Å²) in [5.74, 6) is -0.197. The molecule has 1 N–H and O–H groups in total. The van der Waals surface area contributed by atoms with Gasteiger partial charge in [-0.05, 0) is 13.0 Å². The fourth-order valence-electron chi connectivity index (χ4n) is 2.19. The maximum absolute atomic E-state index is 12.3. The van der Waals surface area contributed by atoms with Crippen molar-refractivity contribution in [3.8, 4) is 0 Å². The Morgan fingerprint density at radius 3 is 2.95 bits per heavy atom. The lowest BCUT2D eigenvalue weighted by atomic mass is 10.2. The summed E-state index contributed by atoms with van der Waals surface area (Å²) in [5, 5.41) is 3.91. The van der Waals surface area contributed by atoms with E-state index in [-0.39, 0.29) is 17.2 Å². The number of fused-ring (bicyclic) bond motifs is 1. The quantitative estimate of drug-likeness (QED) is 0.689. The molecular weight excluding hydrogens is 288 g/mol. The van der Waals surface area contributed by atoms with Gasteiger partial charge in [-0.25, -0.2) is 14.8 Å². The van der Waals surface area contributed by atoms with Gasteiger partial charge in [-0.15, -0.1) is 0 Å². The molecule has 1 fully saturated rings. The smallest absolute Gasteiger partial charge is 0.324 e. The van der Waals surface area contributed by atoms with Gasteiger partial charge in [-0.1, -0.05) is 30.0 Å². The zero-order chi connectivity index (χ0) is 14.8. The van der Waals surface area contributed by atoms with Gasteiger partial charge in [-0.3, -0.25) is 9.69 Å². The van der Waals surface area contributed by atoms with E-state index in [0.29, 0.717) is 13.1 Å². The Kier molecular flexibility index (Phi) is 3.74. The summed E-state index contributed by atoms with van der Waals surface area (Å²) >= 11 is 1.35. The molecule has 7 heteroatoms. The van der Waals surface area contributed by atoms with Gasteiger partial charge in [0.05, 0.1) is 10.8 Å². The molecule has 2 heterocycles. The van der Waals surface area contributed by atoms with Crippen LogP contribution in [-0.2, 0) is 4.79 Å². The molecule has 0 radical (unpaired) electrons. The summed E-state index contributed by atoms with van der Waals surface area (Å²) in [6, 6.07) is 7.34. The normalized spacial score (nSPS) is 16.0. The maximum Gasteiger partial charge on any atom is 0.324 e. The van der Waals surface area contributed by atoms with Gasteiger partial charge in [0.15, 0.2) is 0 Å². The number of urea groups is 1. The van der Waals surface area contributed by atoms with Crippen LogP contribution in [0, 0.1) is 0 Å². The van der Waals surface area contributed by atoms with Crippen LogP contribution in [0.15, 0.2) is 35.6 Å². The molecule has 1 aromatic carbocycles. The Labute approximate surface area is 125 Å². The first kappa shape index (κ1) is 13.8. The first-order valence-electron chi connectivity index (χ1n) is 6.62. The molecule has 1 aliphatic rings. The summed E-state index contributed by atoms with van der Waals surface area (Å²) in [5.41, 5.74) is 0.841. The predicted molar refractivity (Wildman–Crippen MR) is 80.0 cm³/mol. The third-order valence-corrected chi connectivity index (χ3v) is 4.37. The van der Waals surface area contributed by atoms with E-state index in [0.717, 1.165) is 15.9 Å². The Bertz CT molecular complexity index is 701. The molecule has 1 saturated heterocycles. The van der Waals surface area contributed by atoms with Crippen molar-refractivity contribution >= 4 is 34.6 Å². The number of amides is 3. The van der Waals surface area contributed by atoms with E-state index in [2.05, 4.69) is 15.3 Å². The molecule has 0 bridgehead atoms. The van der Waals surface area contributed by atoms with Crippen LogP contribution in [0.5, 0.6) is 0 Å². The summed E-state index contributed by atoms with van der Waals surface area (Å²) < 4.78 is 0. The predicted octanol–water partition coefficient (Wildman–Crippen LogP) is 1.66. The maximum atomic E-state index is 12.3. The van der Waals surface area contributed by atoms with E-state index in [4.69, 9.17) is 0 Å². The number of imide groups is 1. The van der Waals surface area contributed by atoms with Gasteiger partial charge in [0, 0.05) is 18.5 Å². The first-order chi connectivity index (χ1) is 10.2. The minimum atomic E-state index is -0.382. The number of benzene rings is 1. The minimum absolute atomic E-state index is 0.197. The van der Waals surface area contributed by atoms with E-state index in [9.17, 15) is 9.59 Å². The lowest BCUT2D eigenvalue weighted by Crippen LogP contribution is -2.38. The van der Waals surface area contributed by atoms with Crippen molar-refractivity contribution in [3.63, 3.8) is 0 Å². The van der Waals surface area contributed by atoms with Crippen molar-refractivity contribution in [2.75, 3.05) is 13.1 Å². The minimum Gasteiger partial charge on any atom is -0.336 e. The highest BCUT2D eigenvalue weighted by molar-refractivity contribution is 8.00. The number of rotatable bonds is 3. The van der Waals surface area contributed by atoms with Gasteiger partial charge in [-0.2, -0.15) is 0 Å². The molecule has 0 unspecified atom stereocenters. The number of hydrogen-bond donors (Lipinski definition) is 1. The molecule has 6 nitrogen and oxygen atoms in total. The monoisotopic (exact) mass is 302 g/mol. The van der Waals surface area contributed by atoms with E-state index in [1.54, 1.807) is 6.92 Å². The van der Waals surface area contributed by atoms with Gasteiger partial charge >= 0.3 is 6.03 Å². The number of para-hydroxylation sites is 1. The van der Waals surface area contributed by atoms with Gasteiger partial charge in [0.2, 0.25) is 5.91 Å². The molecule has 108 valence electrons. The Balaban J connectivity index is 1.81. The number of carbonyl (C=O) groups excluding carboxylic acids is 2. The second-order valence-electron chi connectivity index (χ2n) is 4.68. The van der Waals surface area contributed by atoms with Crippen LogP contribution >= 0.6 is 11.8 Å². The topological polar surface area (TPSA) is 75.2 Å². The SMILES string of the molecule is C[C@@H](Sc1ncnc2ccccc12)C(=O)N1CCNC1=O. The summed E-state index contributed by atoms with van der Waals surface area (Å²) in [7, 11) is 0. The fraction of sp³-hybridized carbons (Fsp3) is 0.286.